The molecule has 0 amide bonds. The highest BCUT2D eigenvalue weighted by Crippen LogP contribution is 2.24. The molecule has 0 bridgehead atoms. The fourth-order valence-corrected chi connectivity index (χ4v) is 2.43. The molecule has 1 rings (SSSR count). The van der Waals surface area contributed by atoms with Gasteiger partial charge >= 0.3 is 0 Å². The molecule has 0 saturated carbocycles. The molecule has 0 saturated heterocycles. The Balaban J connectivity index is 2.98. The van der Waals surface area contributed by atoms with Gasteiger partial charge in [0.05, 0.1) is 6.61 Å². The second-order valence-electron chi connectivity index (χ2n) is 3.88. The predicted molar refractivity (Wildman–Crippen MR) is 81.2 cm³/mol. The topological polar surface area (TPSA) is 64.5 Å². The molecule has 0 radical (unpaired) electrons. The number of rotatable bonds is 7. The monoisotopic (exact) mass is 349 g/mol. The van der Waals surface area contributed by atoms with E-state index in [4.69, 9.17) is 16.5 Å². The zero-order valence-corrected chi connectivity index (χ0v) is 12.3. The van der Waals surface area contributed by atoms with Crippen molar-refractivity contribution >= 4 is 34.0 Å². The van der Waals surface area contributed by atoms with Crippen LogP contribution < -0.4 is 16.5 Å². The van der Waals surface area contributed by atoms with E-state index >= 15 is 0 Å². The molecule has 0 spiro atoms. The van der Waals surface area contributed by atoms with Gasteiger partial charge in [-0.2, -0.15) is 0 Å². The Bertz CT molecular complexity index is 341. The largest absolute Gasteiger partial charge is 0.399 e. The molecule has 17 heavy (non-hydrogen) atoms. The average Bonchev–Trinajstić information content (AvgIpc) is 2.30. The molecular weight excluding hydrogens is 329 g/mol. The minimum atomic E-state index is 0.391. The zero-order valence-electron chi connectivity index (χ0n) is 10.2. The zero-order chi connectivity index (χ0) is 12.7. The Labute approximate surface area is 116 Å². The predicted octanol–water partition coefficient (Wildman–Crippen LogP) is 2.31. The Kier molecular flexibility index (Phi) is 6.61. The number of halogens is 1. The second kappa shape index (κ2) is 7.73. The molecule has 0 heterocycles. The average molecular weight is 349 g/mol. The number of hydrogen-bond donors (Lipinski definition) is 2. The first-order valence-electron chi connectivity index (χ1n) is 5.74. The summed E-state index contributed by atoms with van der Waals surface area (Å²) in [4.78, 5) is 7.09. The molecule has 0 aromatic heterocycles. The lowest BCUT2D eigenvalue weighted by molar-refractivity contribution is 0.124. The third-order valence-corrected chi connectivity index (χ3v) is 3.01. The van der Waals surface area contributed by atoms with E-state index in [0.717, 1.165) is 35.2 Å². The van der Waals surface area contributed by atoms with Crippen LogP contribution in [0.15, 0.2) is 18.2 Å². The van der Waals surface area contributed by atoms with E-state index in [1.54, 1.807) is 0 Å². The minimum Gasteiger partial charge on any atom is -0.399 e. The number of nitrogen functional groups attached to an aromatic ring is 1. The number of alkyl halides is 1. The highest BCUT2D eigenvalue weighted by molar-refractivity contribution is 14.1. The highest BCUT2D eigenvalue weighted by Gasteiger charge is 2.10. The van der Waals surface area contributed by atoms with Crippen LogP contribution in [0.1, 0.15) is 18.9 Å². The number of nitrogens with zero attached hydrogens (tertiary/aromatic N) is 1. The molecule has 0 unspecified atom stereocenters. The third kappa shape index (κ3) is 4.33. The molecule has 0 aliphatic heterocycles. The summed E-state index contributed by atoms with van der Waals surface area (Å²) < 4.78 is 1.09. The van der Waals surface area contributed by atoms with Crippen LogP contribution in [-0.2, 0) is 11.4 Å². The molecule has 0 aliphatic rings. The SMILES string of the molecule is CCCN(CCI)c1ccc(N)cc1CON. The van der Waals surface area contributed by atoms with Gasteiger partial charge in [0.1, 0.15) is 0 Å². The molecule has 0 atom stereocenters. The smallest absolute Gasteiger partial charge is 0.0950 e. The lowest BCUT2D eigenvalue weighted by Gasteiger charge is -2.26. The first-order valence-corrected chi connectivity index (χ1v) is 7.26. The molecule has 4 nitrogen and oxygen atoms in total. The van der Waals surface area contributed by atoms with Gasteiger partial charge in [0, 0.05) is 34.5 Å². The first-order chi connectivity index (χ1) is 8.22. The van der Waals surface area contributed by atoms with Gasteiger partial charge in [-0.25, -0.2) is 5.90 Å². The summed E-state index contributed by atoms with van der Waals surface area (Å²) in [6.45, 7) is 4.62. The summed E-state index contributed by atoms with van der Waals surface area (Å²) in [6.07, 6.45) is 1.12. The van der Waals surface area contributed by atoms with Gasteiger partial charge in [0.25, 0.3) is 0 Å². The van der Waals surface area contributed by atoms with Crippen molar-refractivity contribution in [2.75, 3.05) is 28.2 Å². The molecule has 0 aliphatic carbocycles. The van der Waals surface area contributed by atoms with Crippen LogP contribution in [-0.4, -0.2) is 17.5 Å². The van der Waals surface area contributed by atoms with Crippen molar-refractivity contribution in [1.82, 2.24) is 0 Å². The molecule has 4 N–H and O–H groups in total. The molecule has 1 aromatic rings. The number of anilines is 2. The highest BCUT2D eigenvalue weighted by atomic mass is 127. The Hall–Kier alpha value is -0.530. The van der Waals surface area contributed by atoms with Crippen molar-refractivity contribution in [1.29, 1.82) is 0 Å². The Morgan fingerprint density at radius 1 is 1.35 bits per heavy atom. The van der Waals surface area contributed by atoms with Crippen molar-refractivity contribution in [3.8, 4) is 0 Å². The summed E-state index contributed by atoms with van der Waals surface area (Å²) in [5.41, 5.74) is 8.75. The quantitative estimate of drug-likeness (QED) is 0.343. The fraction of sp³-hybridized carbons (Fsp3) is 0.500. The van der Waals surface area contributed by atoms with Crippen molar-refractivity contribution in [3.05, 3.63) is 23.8 Å². The maximum atomic E-state index is 5.79. The number of benzene rings is 1. The molecule has 0 fully saturated rings. The van der Waals surface area contributed by atoms with E-state index in [0.29, 0.717) is 6.61 Å². The van der Waals surface area contributed by atoms with Gasteiger partial charge < -0.3 is 10.6 Å². The van der Waals surface area contributed by atoms with Crippen molar-refractivity contribution in [2.45, 2.75) is 20.0 Å². The summed E-state index contributed by atoms with van der Waals surface area (Å²) in [7, 11) is 0. The lowest BCUT2D eigenvalue weighted by Crippen LogP contribution is -2.27. The molecule has 5 heteroatoms. The summed E-state index contributed by atoms with van der Waals surface area (Å²) in [6, 6.07) is 5.90. The lowest BCUT2D eigenvalue weighted by atomic mass is 10.1. The normalized spacial score (nSPS) is 10.5. The van der Waals surface area contributed by atoms with Crippen LogP contribution in [0, 0.1) is 0 Å². The van der Waals surface area contributed by atoms with E-state index < -0.39 is 0 Å². The van der Waals surface area contributed by atoms with Crippen LogP contribution in [0.4, 0.5) is 11.4 Å². The van der Waals surface area contributed by atoms with Crippen molar-refractivity contribution in [2.24, 2.45) is 5.90 Å². The van der Waals surface area contributed by atoms with Gasteiger partial charge in [-0.1, -0.05) is 29.5 Å². The van der Waals surface area contributed by atoms with Crippen LogP contribution >= 0.6 is 22.6 Å². The Morgan fingerprint density at radius 3 is 2.71 bits per heavy atom. The van der Waals surface area contributed by atoms with E-state index in [9.17, 15) is 0 Å². The van der Waals surface area contributed by atoms with Gasteiger partial charge in [0.15, 0.2) is 0 Å². The van der Waals surface area contributed by atoms with Crippen molar-refractivity contribution in [3.63, 3.8) is 0 Å². The van der Waals surface area contributed by atoms with Crippen LogP contribution in [0.25, 0.3) is 0 Å². The van der Waals surface area contributed by atoms with Crippen molar-refractivity contribution < 1.29 is 4.84 Å². The standard InChI is InChI=1S/C12H20IN3O/c1-2-6-16(7-5-13)12-4-3-11(14)8-10(12)9-17-15/h3-4,8H,2,5-7,9,14-15H2,1H3. The van der Waals surface area contributed by atoms with E-state index in [1.807, 2.05) is 18.2 Å². The van der Waals surface area contributed by atoms with Gasteiger partial charge in [-0.15, -0.1) is 0 Å². The summed E-state index contributed by atoms with van der Waals surface area (Å²) in [5, 5.41) is 0. The maximum absolute atomic E-state index is 5.79. The first kappa shape index (κ1) is 14.5. The summed E-state index contributed by atoms with van der Waals surface area (Å²) >= 11 is 2.39. The Morgan fingerprint density at radius 2 is 2.12 bits per heavy atom. The van der Waals surface area contributed by atoms with Crippen LogP contribution in [0.5, 0.6) is 0 Å². The second-order valence-corrected chi connectivity index (χ2v) is 4.95. The molecule has 96 valence electrons. The van der Waals surface area contributed by atoms with Gasteiger partial charge in [-0.3, -0.25) is 4.84 Å². The van der Waals surface area contributed by atoms with Gasteiger partial charge in [0.2, 0.25) is 0 Å². The number of nitrogens with two attached hydrogens (primary N) is 2. The van der Waals surface area contributed by atoms with Crippen LogP contribution in [0.3, 0.4) is 0 Å². The fourth-order valence-electron chi connectivity index (χ4n) is 1.84. The number of hydrogen-bond acceptors (Lipinski definition) is 4. The maximum Gasteiger partial charge on any atom is 0.0950 e. The van der Waals surface area contributed by atoms with E-state index in [2.05, 4.69) is 34.4 Å². The van der Waals surface area contributed by atoms with Gasteiger partial charge in [-0.05, 0) is 24.6 Å². The molecular formula is C12H20IN3O. The minimum absolute atomic E-state index is 0.391. The third-order valence-electron chi connectivity index (χ3n) is 2.53. The van der Waals surface area contributed by atoms with Crippen LogP contribution in [0.2, 0.25) is 0 Å². The summed E-state index contributed by atoms with van der Waals surface area (Å²) in [5.74, 6) is 5.17. The van der Waals surface area contributed by atoms with E-state index in [-0.39, 0.29) is 0 Å². The van der Waals surface area contributed by atoms with E-state index in [1.165, 1.54) is 5.69 Å². The molecule has 1 aromatic carbocycles.